The van der Waals surface area contributed by atoms with Gasteiger partial charge in [-0.25, -0.2) is 0 Å². The van der Waals surface area contributed by atoms with Gasteiger partial charge in [0, 0.05) is 0 Å². The van der Waals surface area contributed by atoms with Crippen LogP contribution in [0.4, 0.5) is 0 Å². The molecule has 0 bridgehead atoms. The molecule has 2 aromatic rings. The average molecular weight is 313 g/mol. The Balaban J connectivity index is 0.000000531. The van der Waals surface area contributed by atoms with Crippen LogP contribution < -0.4 is 0 Å². The Hall–Kier alpha value is -0.457. The van der Waals surface area contributed by atoms with Gasteiger partial charge in [0.05, 0.1) is 0 Å². The van der Waals surface area contributed by atoms with Crippen LogP contribution >= 0.6 is 13.6 Å². The summed E-state index contributed by atoms with van der Waals surface area (Å²) in [4.78, 5) is 0. The third-order valence-electron chi connectivity index (χ3n) is 2.10. The van der Waals surface area contributed by atoms with Crippen LogP contribution in [-0.4, -0.2) is 0 Å². The minimum atomic E-state index is 1.19. The van der Waals surface area contributed by atoms with E-state index in [0.717, 1.165) is 0 Å². The number of aryl methyl sites for hydroxylation is 1. The Morgan fingerprint density at radius 2 is 1.33 bits per heavy atom. The van der Waals surface area contributed by atoms with Crippen molar-refractivity contribution in [1.29, 1.82) is 0 Å². The normalized spacial score (nSPS) is 9.07. The SMILES string of the molecule is Cc1ccc(-c2cc[c-]cc2)cc1.[Zn+][Br]. The van der Waals surface area contributed by atoms with Gasteiger partial charge in [-0.05, 0) is 12.5 Å². The summed E-state index contributed by atoms with van der Waals surface area (Å²) in [7, 11) is 0. The summed E-state index contributed by atoms with van der Waals surface area (Å²) in [5.74, 6) is 0. The first-order chi connectivity index (χ1) is 7.36. The molecule has 2 aromatic carbocycles. The van der Waals surface area contributed by atoms with Gasteiger partial charge in [0.25, 0.3) is 0 Å². The summed E-state index contributed by atoms with van der Waals surface area (Å²) in [6.45, 7) is 2.10. The van der Waals surface area contributed by atoms with Crippen molar-refractivity contribution < 1.29 is 16.3 Å². The Morgan fingerprint density at radius 3 is 1.87 bits per heavy atom. The molecule has 0 aliphatic carbocycles. The number of halogens is 1. The maximum atomic E-state index is 3.06. The van der Waals surface area contributed by atoms with Gasteiger partial charge in [0.2, 0.25) is 0 Å². The Kier molecular flexibility index (Phi) is 5.82. The van der Waals surface area contributed by atoms with Crippen LogP contribution in [0.15, 0.2) is 48.5 Å². The Labute approximate surface area is 108 Å². The molecule has 0 nitrogen and oxygen atoms in total. The molecule has 0 aliphatic rings. The summed E-state index contributed by atoms with van der Waals surface area (Å²) < 4.78 is 0. The molecule has 0 unspecified atom stereocenters. The van der Waals surface area contributed by atoms with Crippen molar-refractivity contribution in [2.45, 2.75) is 6.92 Å². The van der Waals surface area contributed by atoms with Crippen molar-refractivity contribution in [3.63, 3.8) is 0 Å². The minimum absolute atomic E-state index is 1.19. The van der Waals surface area contributed by atoms with E-state index in [1.165, 1.54) is 33.0 Å². The zero-order valence-corrected chi connectivity index (χ0v) is 13.3. The van der Waals surface area contributed by atoms with Crippen LogP contribution in [0, 0.1) is 13.0 Å². The molecule has 0 amide bonds. The zero-order valence-electron chi connectivity index (χ0n) is 8.70. The molecule has 2 heteroatoms. The summed E-state index contributed by atoms with van der Waals surface area (Å²) in [6, 6.07) is 19.6. The van der Waals surface area contributed by atoms with E-state index in [-0.39, 0.29) is 0 Å². The monoisotopic (exact) mass is 310 g/mol. The topological polar surface area (TPSA) is 0 Å². The number of benzene rings is 2. The second-order valence-corrected chi connectivity index (χ2v) is 3.15. The third kappa shape index (κ3) is 3.89. The molecule has 0 aromatic heterocycles. The molecule has 0 fully saturated rings. The zero-order chi connectivity index (χ0) is 11.1. The maximum absolute atomic E-state index is 3.06. The average Bonchev–Trinajstić information content (AvgIpc) is 2.34. The van der Waals surface area contributed by atoms with E-state index in [1.807, 2.05) is 12.1 Å². The first-order valence-electron chi connectivity index (χ1n) is 4.66. The van der Waals surface area contributed by atoms with E-state index in [0.29, 0.717) is 0 Å². The molecule has 0 aliphatic heterocycles. The van der Waals surface area contributed by atoms with E-state index in [9.17, 15) is 0 Å². The summed E-state index contributed by atoms with van der Waals surface area (Å²) >= 11 is 4.25. The van der Waals surface area contributed by atoms with Crippen molar-refractivity contribution in [1.82, 2.24) is 0 Å². The van der Waals surface area contributed by atoms with Crippen LogP contribution in [-0.2, 0) is 16.3 Å². The Bertz CT molecular complexity index is 381. The predicted molar refractivity (Wildman–Crippen MR) is 64.4 cm³/mol. The van der Waals surface area contributed by atoms with Gasteiger partial charge in [-0.1, -0.05) is 29.8 Å². The van der Waals surface area contributed by atoms with Gasteiger partial charge in [-0.2, -0.15) is 30.3 Å². The number of hydrogen-bond acceptors (Lipinski definition) is 0. The predicted octanol–water partition coefficient (Wildman–Crippen LogP) is 4.31. The van der Waals surface area contributed by atoms with Crippen LogP contribution in [0.3, 0.4) is 0 Å². The quantitative estimate of drug-likeness (QED) is 0.544. The van der Waals surface area contributed by atoms with Gasteiger partial charge < -0.3 is 0 Å². The summed E-state index contributed by atoms with van der Waals surface area (Å²) in [5.41, 5.74) is 3.81. The first kappa shape index (κ1) is 12.6. The van der Waals surface area contributed by atoms with E-state index >= 15 is 0 Å². The molecular weight excluding hydrogens is 301 g/mol. The Morgan fingerprint density at radius 1 is 0.867 bits per heavy atom. The second-order valence-electron chi connectivity index (χ2n) is 3.15. The molecule has 72 valence electrons. The molecule has 0 saturated carbocycles. The second kappa shape index (κ2) is 6.92. The van der Waals surface area contributed by atoms with Gasteiger partial charge in [0.15, 0.2) is 0 Å². The van der Waals surface area contributed by atoms with Crippen LogP contribution in [0.2, 0.25) is 0 Å². The van der Waals surface area contributed by atoms with Crippen molar-refractivity contribution in [2.24, 2.45) is 0 Å². The molecule has 0 atom stereocenters. The fourth-order valence-electron chi connectivity index (χ4n) is 1.33. The van der Waals surface area contributed by atoms with Crippen molar-refractivity contribution in [2.75, 3.05) is 0 Å². The molecular formula is C13H11BrZn. The molecule has 2 rings (SSSR count). The number of rotatable bonds is 1. The van der Waals surface area contributed by atoms with Crippen molar-refractivity contribution in [3.05, 3.63) is 60.2 Å². The fraction of sp³-hybridized carbons (Fsp3) is 0.0769. The third-order valence-corrected chi connectivity index (χ3v) is 2.10. The van der Waals surface area contributed by atoms with Crippen molar-refractivity contribution in [3.8, 4) is 11.1 Å². The standard InChI is InChI=1S/C13H11.BrH.Zn/c1-11-7-9-13(10-8-11)12-5-3-2-4-6-12;;/h3-10H,1H3;1H;/q-1;;+2/p-1. The molecule has 0 spiro atoms. The van der Waals surface area contributed by atoms with Gasteiger partial charge in [-0.15, -0.1) is 5.56 Å². The van der Waals surface area contributed by atoms with E-state index in [2.05, 4.69) is 63.0 Å². The van der Waals surface area contributed by atoms with Crippen LogP contribution in [0.25, 0.3) is 11.1 Å². The van der Waals surface area contributed by atoms with Gasteiger partial charge in [0.1, 0.15) is 0 Å². The van der Waals surface area contributed by atoms with Gasteiger partial charge >= 0.3 is 30.0 Å². The first-order valence-corrected chi connectivity index (χ1v) is 11.6. The molecule has 15 heavy (non-hydrogen) atoms. The van der Waals surface area contributed by atoms with E-state index in [4.69, 9.17) is 0 Å². The van der Waals surface area contributed by atoms with Crippen molar-refractivity contribution >= 4 is 13.6 Å². The molecule has 0 N–H and O–H groups in total. The van der Waals surface area contributed by atoms with E-state index in [1.54, 1.807) is 0 Å². The molecule has 0 radical (unpaired) electrons. The fourth-order valence-corrected chi connectivity index (χ4v) is 1.33. The van der Waals surface area contributed by atoms with Crippen LogP contribution in [0.1, 0.15) is 5.56 Å². The van der Waals surface area contributed by atoms with Crippen LogP contribution in [0.5, 0.6) is 0 Å². The summed E-state index contributed by atoms with van der Waals surface area (Å²) in [5, 5.41) is 0. The summed E-state index contributed by atoms with van der Waals surface area (Å²) in [6.07, 6.45) is 0. The van der Waals surface area contributed by atoms with Gasteiger partial charge in [-0.3, -0.25) is 0 Å². The number of hydrogen-bond donors (Lipinski definition) is 0. The van der Waals surface area contributed by atoms with E-state index < -0.39 is 0 Å². The molecule has 0 saturated heterocycles. The molecule has 0 heterocycles.